The summed E-state index contributed by atoms with van der Waals surface area (Å²) in [7, 11) is 0. The number of carbonyl (C=O) groups excluding carboxylic acids is 3. The van der Waals surface area contributed by atoms with Gasteiger partial charge in [-0.05, 0) is 5.56 Å². The molecule has 0 aromatic heterocycles. The highest BCUT2D eigenvalue weighted by Crippen LogP contribution is 2.44. The van der Waals surface area contributed by atoms with Crippen molar-refractivity contribution < 1.29 is 28.6 Å². The predicted molar refractivity (Wildman–Crippen MR) is 107 cm³/mol. The smallest absolute Gasteiger partial charge is 0.302 e. The first kappa shape index (κ1) is 22.9. The van der Waals surface area contributed by atoms with E-state index in [9.17, 15) is 14.4 Å². The minimum Gasteiger partial charge on any atom is -0.465 e. The van der Waals surface area contributed by atoms with E-state index in [0.717, 1.165) is 5.56 Å². The minimum absolute atomic E-state index is 0.0116. The topological polar surface area (TPSA) is 82.1 Å². The summed E-state index contributed by atoms with van der Waals surface area (Å²) in [5.74, 6) is -1.30. The van der Waals surface area contributed by atoms with E-state index in [1.54, 1.807) is 0 Å². The van der Waals surface area contributed by atoms with Crippen molar-refractivity contribution in [3.63, 3.8) is 0 Å². The molecule has 7 heteroatoms. The standard InChI is InChI=1S/C22H31NO6/c1-16(24)27-14-22(15-28-17(2)25)13-23(11-19-9-7-6-8-10-19)12-21(4,5)20(22)29-18(3)26/h6-10,20H,11-15H2,1-5H3. The van der Waals surface area contributed by atoms with Crippen molar-refractivity contribution in [1.29, 1.82) is 0 Å². The van der Waals surface area contributed by atoms with Crippen molar-refractivity contribution in [3.05, 3.63) is 35.9 Å². The number of hydrogen-bond donors (Lipinski definition) is 0. The Balaban J connectivity index is 2.41. The van der Waals surface area contributed by atoms with Gasteiger partial charge >= 0.3 is 17.9 Å². The average molecular weight is 405 g/mol. The van der Waals surface area contributed by atoms with E-state index in [1.807, 2.05) is 44.2 Å². The zero-order chi connectivity index (χ0) is 21.7. The molecule has 1 fully saturated rings. The molecule has 0 spiro atoms. The molecule has 0 bridgehead atoms. The normalized spacial score (nSPS) is 20.5. The van der Waals surface area contributed by atoms with Crippen LogP contribution in [0.15, 0.2) is 30.3 Å². The monoisotopic (exact) mass is 405 g/mol. The first-order valence-electron chi connectivity index (χ1n) is 9.74. The summed E-state index contributed by atoms with van der Waals surface area (Å²) in [6.07, 6.45) is -0.585. The molecule has 1 aliphatic heterocycles. The molecule has 1 aromatic carbocycles. The zero-order valence-electron chi connectivity index (χ0n) is 17.9. The van der Waals surface area contributed by atoms with Crippen molar-refractivity contribution in [2.24, 2.45) is 10.8 Å². The van der Waals surface area contributed by atoms with Gasteiger partial charge in [-0.15, -0.1) is 0 Å². The van der Waals surface area contributed by atoms with Crippen molar-refractivity contribution in [2.45, 2.75) is 47.3 Å². The predicted octanol–water partition coefficient (Wildman–Crippen LogP) is 2.57. The van der Waals surface area contributed by atoms with E-state index in [4.69, 9.17) is 14.2 Å². The molecule has 160 valence electrons. The lowest BCUT2D eigenvalue weighted by Crippen LogP contribution is -2.64. The summed E-state index contributed by atoms with van der Waals surface area (Å²) in [5.41, 5.74) is -0.193. The molecule has 1 atom stereocenters. The van der Waals surface area contributed by atoms with Gasteiger partial charge in [0.25, 0.3) is 0 Å². The quantitative estimate of drug-likeness (QED) is 0.509. The number of nitrogens with zero attached hydrogens (tertiary/aromatic N) is 1. The lowest BCUT2D eigenvalue weighted by atomic mass is 9.66. The zero-order valence-corrected chi connectivity index (χ0v) is 17.9. The average Bonchev–Trinajstić information content (AvgIpc) is 2.61. The Morgan fingerprint density at radius 1 is 0.931 bits per heavy atom. The van der Waals surface area contributed by atoms with Gasteiger partial charge < -0.3 is 14.2 Å². The van der Waals surface area contributed by atoms with E-state index in [-0.39, 0.29) is 13.2 Å². The van der Waals surface area contributed by atoms with Gasteiger partial charge in [-0.2, -0.15) is 0 Å². The van der Waals surface area contributed by atoms with Crippen LogP contribution in [0, 0.1) is 10.8 Å². The maximum atomic E-state index is 11.9. The second-order valence-electron chi connectivity index (χ2n) is 8.53. The Kier molecular flexibility index (Phi) is 7.41. The van der Waals surface area contributed by atoms with Crippen LogP contribution in [0.1, 0.15) is 40.2 Å². The number of esters is 3. The molecule has 0 radical (unpaired) electrons. The molecule has 2 rings (SSSR count). The summed E-state index contributed by atoms with van der Waals surface area (Å²) in [6.45, 7) is 9.80. The van der Waals surface area contributed by atoms with Crippen LogP contribution in [0.5, 0.6) is 0 Å². The molecule has 1 saturated heterocycles. The van der Waals surface area contributed by atoms with Crippen LogP contribution < -0.4 is 0 Å². The molecule has 0 saturated carbocycles. The van der Waals surface area contributed by atoms with Gasteiger partial charge in [0.15, 0.2) is 0 Å². The molecule has 1 aromatic rings. The Labute approximate surface area is 172 Å². The number of piperidine rings is 1. The molecule has 7 nitrogen and oxygen atoms in total. The molecule has 1 aliphatic rings. The summed E-state index contributed by atoms with van der Waals surface area (Å²) in [5, 5.41) is 0. The first-order valence-corrected chi connectivity index (χ1v) is 9.74. The van der Waals surface area contributed by atoms with Gasteiger partial charge in [-0.3, -0.25) is 19.3 Å². The first-order chi connectivity index (χ1) is 13.5. The lowest BCUT2D eigenvalue weighted by Gasteiger charge is -2.54. The van der Waals surface area contributed by atoms with Gasteiger partial charge in [0, 0.05) is 45.8 Å². The van der Waals surface area contributed by atoms with Crippen LogP contribution >= 0.6 is 0 Å². The van der Waals surface area contributed by atoms with Crippen molar-refractivity contribution in [2.75, 3.05) is 26.3 Å². The number of ether oxygens (including phenoxy) is 3. The number of benzene rings is 1. The third-order valence-electron chi connectivity index (χ3n) is 5.09. The highest BCUT2D eigenvalue weighted by Gasteiger charge is 2.55. The van der Waals surface area contributed by atoms with Crippen molar-refractivity contribution >= 4 is 17.9 Å². The Morgan fingerprint density at radius 2 is 1.48 bits per heavy atom. The summed E-state index contributed by atoms with van der Waals surface area (Å²) in [6, 6.07) is 10.0. The highest BCUT2D eigenvalue weighted by atomic mass is 16.6. The van der Waals surface area contributed by atoms with E-state index >= 15 is 0 Å². The molecule has 1 unspecified atom stereocenters. The second kappa shape index (κ2) is 9.39. The SMILES string of the molecule is CC(=O)OCC1(COC(C)=O)CN(Cc2ccccc2)CC(C)(C)C1OC(C)=O. The largest absolute Gasteiger partial charge is 0.465 e. The maximum Gasteiger partial charge on any atom is 0.302 e. The molecule has 29 heavy (non-hydrogen) atoms. The second-order valence-corrected chi connectivity index (χ2v) is 8.53. The molecule has 0 N–H and O–H groups in total. The number of hydrogen-bond acceptors (Lipinski definition) is 7. The number of likely N-dealkylation sites (tertiary alicyclic amines) is 1. The van der Waals surface area contributed by atoms with Crippen molar-refractivity contribution in [3.8, 4) is 0 Å². The van der Waals surface area contributed by atoms with E-state index < -0.39 is 34.8 Å². The number of rotatable bonds is 7. The summed E-state index contributed by atoms with van der Waals surface area (Å²) < 4.78 is 16.5. The van der Waals surface area contributed by atoms with Gasteiger partial charge in [-0.25, -0.2) is 0 Å². The van der Waals surface area contributed by atoms with Crippen molar-refractivity contribution in [1.82, 2.24) is 4.90 Å². The minimum atomic E-state index is -0.875. The van der Waals surface area contributed by atoms with Gasteiger partial charge in [0.05, 0.1) is 5.41 Å². The van der Waals surface area contributed by atoms with Crippen LogP contribution in [-0.4, -0.2) is 55.2 Å². The molecule has 0 aliphatic carbocycles. The summed E-state index contributed by atoms with van der Waals surface area (Å²) in [4.78, 5) is 37.3. The lowest BCUT2D eigenvalue weighted by molar-refractivity contribution is -0.203. The fourth-order valence-electron chi connectivity index (χ4n) is 4.25. The van der Waals surface area contributed by atoms with Crippen LogP contribution in [0.4, 0.5) is 0 Å². The number of carbonyl (C=O) groups is 3. The third-order valence-corrected chi connectivity index (χ3v) is 5.09. The fraction of sp³-hybridized carbons (Fsp3) is 0.591. The van der Waals surface area contributed by atoms with Crippen LogP contribution in [0.3, 0.4) is 0 Å². The van der Waals surface area contributed by atoms with Gasteiger partial charge in [-0.1, -0.05) is 44.2 Å². The highest BCUT2D eigenvalue weighted by molar-refractivity contribution is 5.67. The molecule has 1 heterocycles. The van der Waals surface area contributed by atoms with E-state index in [0.29, 0.717) is 19.6 Å². The van der Waals surface area contributed by atoms with Crippen LogP contribution in [0.25, 0.3) is 0 Å². The fourth-order valence-corrected chi connectivity index (χ4v) is 4.25. The Morgan fingerprint density at radius 3 is 1.97 bits per heavy atom. The molecule has 0 amide bonds. The molecular weight excluding hydrogens is 374 g/mol. The van der Waals surface area contributed by atoms with Crippen LogP contribution in [0.2, 0.25) is 0 Å². The van der Waals surface area contributed by atoms with Gasteiger partial charge in [0.2, 0.25) is 0 Å². The Bertz CT molecular complexity index is 712. The van der Waals surface area contributed by atoms with Gasteiger partial charge in [0.1, 0.15) is 19.3 Å². The van der Waals surface area contributed by atoms with Crippen LogP contribution in [-0.2, 0) is 35.1 Å². The third kappa shape index (κ3) is 6.29. The molecular formula is C22H31NO6. The summed E-state index contributed by atoms with van der Waals surface area (Å²) >= 11 is 0. The van der Waals surface area contributed by atoms with E-state index in [1.165, 1.54) is 20.8 Å². The van der Waals surface area contributed by atoms with E-state index in [2.05, 4.69) is 4.90 Å². The Hall–Kier alpha value is -2.41. The maximum absolute atomic E-state index is 11.9.